The average molecular weight is 197 g/mol. The maximum Gasteiger partial charge on any atom is 0.0799 e. The Hall–Kier alpha value is -0.0800. The summed E-state index contributed by atoms with van der Waals surface area (Å²) < 4.78 is 0. The molecule has 2 aliphatic rings. The summed E-state index contributed by atoms with van der Waals surface area (Å²) in [4.78, 5) is 0. The van der Waals surface area contributed by atoms with Crippen LogP contribution in [0.1, 0.15) is 46.0 Å². The number of rotatable bonds is 3. The molecule has 0 aromatic carbocycles. The molecule has 0 aromatic rings. The summed E-state index contributed by atoms with van der Waals surface area (Å²) in [5.74, 6) is 1.15. The van der Waals surface area contributed by atoms with Crippen molar-refractivity contribution >= 4 is 0 Å². The highest BCUT2D eigenvalue weighted by atomic mass is 16.3. The quantitative estimate of drug-likeness (QED) is 0.724. The van der Waals surface area contributed by atoms with Crippen molar-refractivity contribution in [1.29, 1.82) is 0 Å². The highest BCUT2D eigenvalue weighted by molar-refractivity contribution is 4.94. The van der Waals surface area contributed by atoms with E-state index in [1.54, 1.807) is 0 Å². The number of nitrogens with one attached hydrogen (secondary N) is 1. The van der Waals surface area contributed by atoms with Gasteiger partial charge in [0.15, 0.2) is 0 Å². The van der Waals surface area contributed by atoms with Crippen LogP contribution in [-0.4, -0.2) is 23.3 Å². The second-order valence-corrected chi connectivity index (χ2v) is 5.55. The van der Waals surface area contributed by atoms with Gasteiger partial charge in [0.25, 0.3) is 0 Å². The third-order valence-corrected chi connectivity index (χ3v) is 3.99. The Labute approximate surface area is 87.1 Å². The van der Waals surface area contributed by atoms with Crippen LogP contribution < -0.4 is 5.32 Å². The summed E-state index contributed by atoms with van der Waals surface area (Å²) in [5, 5.41) is 14.0. The highest BCUT2D eigenvalue weighted by Crippen LogP contribution is 2.36. The minimum absolute atomic E-state index is 0.430. The molecule has 2 heteroatoms. The van der Waals surface area contributed by atoms with Crippen molar-refractivity contribution in [2.24, 2.45) is 11.8 Å². The lowest BCUT2D eigenvalue weighted by molar-refractivity contribution is -0.0549. The third-order valence-electron chi connectivity index (χ3n) is 3.99. The van der Waals surface area contributed by atoms with Gasteiger partial charge in [-0.25, -0.2) is 0 Å². The Balaban J connectivity index is 1.88. The molecule has 3 atom stereocenters. The minimum atomic E-state index is -0.430. The van der Waals surface area contributed by atoms with Crippen LogP contribution in [0.4, 0.5) is 0 Å². The van der Waals surface area contributed by atoms with Crippen LogP contribution in [0.2, 0.25) is 0 Å². The predicted molar refractivity (Wildman–Crippen MR) is 58.2 cm³/mol. The largest absolute Gasteiger partial charge is 0.388 e. The monoisotopic (exact) mass is 197 g/mol. The van der Waals surface area contributed by atoms with E-state index < -0.39 is 5.60 Å². The van der Waals surface area contributed by atoms with E-state index in [9.17, 15) is 5.11 Å². The molecule has 2 N–H and O–H groups in total. The Morgan fingerprint density at radius 1 is 1.21 bits per heavy atom. The fraction of sp³-hybridized carbons (Fsp3) is 1.00. The van der Waals surface area contributed by atoms with E-state index in [1.165, 1.54) is 25.7 Å². The van der Waals surface area contributed by atoms with Gasteiger partial charge in [-0.15, -0.1) is 0 Å². The normalized spacial score (nSPS) is 43.9. The van der Waals surface area contributed by atoms with Crippen molar-refractivity contribution in [3.8, 4) is 0 Å². The molecular formula is C12H23NO. The van der Waals surface area contributed by atoms with E-state index in [4.69, 9.17) is 0 Å². The van der Waals surface area contributed by atoms with Gasteiger partial charge in [0.2, 0.25) is 0 Å². The van der Waals surface area contributed by atoms with E-state index in [0.29, 0.717) is 17.9 Å². The summed E-state index contributed by atoms with van der Waals surface area (Å²) in [7, 11) is 0. The molecule has 0 spiro atoms. The fourth-order valence-corrected chi connectivity index (χ4v) is 2.56. The van der Waals surface area contributed by atoms with Gasteiger partial charge in [-0.05, 0) is 37.5 Å². The molecule has 0 amide bonds. The van der Waals surface area contributed by atoms with Crippen molar-refractivity contribution in [1.82, 2.24) is 5.32 Å². The molecule has 0 heterocycles. The second-order valence-electron chi connectivity index (χ2n) is 5.55. The first-order valence-electron chi connectivity index (χ1n) is 6.06. The Kier molecular flexibility index (Phi) is 2.85. The number of aliphatic hydroxyl groups is 1. The van der Waals surface area contributed by atoms with Crippen LogP contribution in [0, 0.1) is 11.8 Å². The molecule has 0 bridgehead atoms. The fourth-order valence-electron chi connectivity index (χ4n) is 2.56. The number of hydrogen-bond acceptors (Lipinski definition) is 2. The first kappa shape index (κ1) is 10.4. The summed E-state index contributed by atoms with van der Waals surface area (Å²) in [6.45, 7) is 5.26. The van der Waals surface area contributed by atoms with E-state index in [0.717, 1.165) is 13.0 Å². The van der Waals surface area contributed by atoms with Gasteiger partial charge in [0, 0.05) is 12.6 Å². The summed E-state index contributed by atoms with van der Waals surface area (Å²) in [5.41, 5.74) is -0.430. The Morgan fingerprint density at radius 3 is 2.57 bits per heavy atom. The molecule has 2 fully saturated rings. The molecule has 2 aliphatic carbocycles. The van der Waals surface area contributed by atoms with Crippen LogP contribution in [0.5, 0.6) is 0 Å². The Morgan fingerprint density at radius 2 is 1.93 bits per heavy atom. The summed E-state index contributed by atoms with van der Waals surface area (Å²) >= 11 is 0. The minimum Gasteiger partial charge on any atom is -0.388 e. The smallest absolute Gasteiger partial charge is 0.0799 e. The van der Waals surface area contributed by atoms with E-state index in [1.807, 2.05) is 0 Å². The maximum atomic E-state index is 10.5. The summed E-state index contributed by atoms with van der Waals surface area (Å²) in [6.07, 6.45) is 6.06. The molecule has 0 aliphatic heterocycles. The van der Waals surface area contributed by atoms with Gasteiger partial charge >= 0.3 is 0 Å². The zero-order chi connectivity index (χ0) is 10.2. The third kappa shape index (κ3) is 2.29. The molecule has 82 valence electrons. The lowest BCUT2D eigenvalue weighted by Crippen LogP contribution is -2.49. The molecule has 2 rings (SSSR count). The maximum absolute atomic E-state index is 10.5. The van der Waals surface area contributed by atoms with E-state index in [2.05, 4.69) is 19.2 Å². The molecule has 2 nitrogen and oxygen atoms in total. The zero-order valence-electron chi connectivity index (χ0n) is 9.42. The van der Waals surface area contributed by atoms with E-state index in [-0.39, 0.29) is 0 Å². The molecule has 3 unspecified atom stereocenters. The predicted octanol–water partition coefficient (Wildman–Crippen LogP) is 1.93. The first-order chi connectivity index (χ1) is 6.60. The summed E-state index contributed by atoms with van der Waals surface area (Å²) in [6, 6.07) is 0.712. The van der Waals surface area contributed by atoms with Crippen molar-refractivity contribution in [2.75, 3.05) is 6.54 Å². The standard InChI is InChI=1S/C12H23NO/c1-9-3-4-10(2)12(14,7-9)8-13-11-5-6-11/h9-11,13-14H,3-8H2,1-2H3. The SMILES string of the molecule is CC1CCC(C)C(O)(CNC2CC2)C1. The van der Waals surface area contributed by atoms with Crippen LogP contribution in [0.15, 0.2) is 0 Å². The molecule has 0 aromatic heterocycles. The van der Waals surface area contributed by atoms with Crippen molar-refractivity contribution in [3.05, 3.63) is 0 Å². The first-order valence-corrected chi connectivity index (χ1v) is 6.06. The van der Waals surface area contributed by atoms with Gasteiger partial charge < -0.3 is 10.4 Å². The van der Waals surface area contributed by atoms with Gasteiger partial charge in [0.05, 0.1) is 5.60 Å². The van der Waals surface area contributed by atoms with E-state index >= 15 is 0 Å². The average Bonchev–Trinajstić information content (AvgIpc) is 2.92. The molecule has 14 heavy (non-hydrogen) atoms. The molecule has 0 saturated heterocycles. The lowest BCUT2D eigenvalue weighted by Gasteiger charge is -2.41. The van der Waals surface area contributed by atoms with Crippen LogP contribution in [-0.2, 0) is 0 Å². The van der Waals surface area contributed by atoms with Crippen molar-refractivity contribution in [2.45, 2.75) is 57.6 Å². The molecule has 2 saturated carbocycles. The lowest BCUT2D eigenvalue weighted by atomic mass is 9.72. The van der Waals surface area contributed by atoms with Gasteiger partial charge in [-0.2, -0.15) is 0 Å². The van der Waals surface area contributed by atoms with Gasteiger partial charge in [-0.3, -0.25) is 0 Å². The van der Waals surface area contributed by atoms with Crippen LogP contribution in [0.25, 0.3) is 0 Å². The van der Waals surface area contributed by atoms with Crippen molar-refractivity contribution < 1.29 is 5.11 Å². The van der Waals surface area contributed by atoms with Crippen LogP contribution in [0.3, 0.4) is 0 Å². The molecule has 0 radical (unpaired) electrons. The highest BCUT2D eigenvalue weighted by Gasteiger charge is 2.39. The zero-order valence-corrected chi connectivity index (χ0v) is 9.42. The second kappa shape index (κ2) is 3.82. The van der Waals surface area contributed by atoms with Crippen LogP contribution >= 0.6 is 0 Å². The van der Waals surface area contributed by atoms with Crippen molar-refractivity contribution in [3.63, 3.8) is 0 Å². The number of hydrogen-bond donors (Lipinski definition) is 2. The Bertz CT molecular complexity index is 202. The van der Waals surface area contributed by atoms with Gasteiger partial charge in [0.1, 0.15) is 0 Å². The van der Waals surface area contributed by atoms with Gasteiger partial charge in [-0.1, -0.05) is 20.3 Å². The molecular weight excluding hydrogens is 174 g/mol. The topological polar surface area (TPSA) is 32.3 Å².